The lowest BCUT2D eigenvalue weighted by Gasteiger charge is -2.03. The van der Waals surface area contributed by atoms with Gasteiger partial charge in [0.2, 0.25) is 0 Å². The number of carboxylic acids is 1. The summed E-state index contributed by atoms with van der Waals surface area (Å²) in [6.07, 6.45) is 8.87. The molecule has 0 radical (unpaired) electrons. The van der Waals surface area contributed by atoms with E-state index in [0.29, 0.717) is 13.1 Å². The van der Waals surface area contributed by atoms with E-state index >= 15 is 0 Å². The Hall–Kier alpha value is -3.97. The molecule has 2 amide bonds. The van der Waals surface area contributed by atoms with Crippen LogP contribution < -0.4 is 22.3 Å². The fraction of sp³-hybridized carbons (Fsp3) is 0.192. The molecule has 38 heavy (non-hydrogen) atoms. The summed E-state index contributed by atoms with van der Waals surface area (Å²) in [5.41, 5.74) is 9.69. The standard InChI is InChI=1S/C13H14N2OS.C7H10N2.C6H6N2O3S/c1-10-2-3-12(17-10)13(16)15-9-6-11-4-7-14-8-5-11;8-4-1-7-2-5-9-6-3-7;7-8-5(9)3-1-2-4(12-3)6(10)11/h2-5,7-8H,6,9H2,1H3,(H,15,16);2-3,5-6H,1,4,8H2;1-2H,7H2,(H,8,9)(H,10,11). The molecule has 12 heteroatoms. The van der Waals surface area contributed by atoms with Crippen LogP contribution in [0, 0.1) is 6.92 Å². The van der Waals surface area contributed by atoms with Crippen molar-refractivity contribution in [2.75, 3.05) is 13.1 Å². The van der Waals surface area contributed by atoms with Gasteiger partial charge < -0.3 is 16.2 Å². The Balaban J connectivity index is 0.000000212. The summed E-state index contributed by atoms with van der Waals surface area (Å²) in [7, 11) is 0. The molecule has 0 atom stereocenters. The van der Waals surface area contributed by atoms with Crippen molar-refractivity contribution >= 4 is 40.5 Å². The fourth-order valence-corrected chi connectivity index (χ4v) is 4.41. The van der Waals surface area contributed by atoms with Gasteiger partial charge in [0, 0.05) is 36.2 Å². The lowest BCUT2D eigenvalue weighted by Crippen LogP contribution is -2.29. The number of carbonyl (C=O) groups is 3. The smallest absolute Gasteiger partial charge is 0.345 e. The molecule has 0 unspecified atom stereocenters. The van der Waals surface area contributed by atoms with Gasteiger partial charge >= 0.3 is 5.97 Å². The fourth-order valence-electron chi connectivity index (χ4n) is 2.88. The highest BCUT2D eigenvalue weighted by atomic mass is 32.1. The number of carbonyl (C=O) groups excluding carboxylic acids is 2. The Morgan fingerprint density at radius 1 is 0.789 bits per heavy atom. The van der Waals surface area contributed by atoms with Gasteiger partial charge in [-0.3, -0.25) is 25.0 Å². The van der Waals surface area contributed by atoms with Gasteiger partial charge in [0.15, 0.2) is 0 Å². The van der Waals surface area contributed by atoms with E-state index in [4.69, 9.17) is 16.7 Å². The molecule has 0 spiro atoms. The number of aromatic nitrogens is 2. The number of nitrogens with two attached hydrogens (primary N) is 2. The molecule has 0 bridgehead atoms. The van der Waals surface area contributed by atoms with Crippen molar-refractivity contribution in [1.29, 1.82) is 0 Å². The molecule has 4 aromatic rings. The maximum absolute atomic E-state index is 11.7. The van der Waals surface area contributed by atoms with Crippen LogP contribution in [0.25, 0.3) is 0 Å². The summed E-state index contributed by atoms with van der Waals surface area (Å²) in [6, 6.07) is 14.5. The monoisotopic (exact) mass is 554 g/mol. The highest BCUT2D eigenvalue weighted by Crippen LogP contribution is 2.16. The number of aromatic carboxylic acids is 1. The van der Waals surface area contributed by atoms with Crippen LogP contribution in [0.1, 0.15) is 45.0 Å². The van der Waals surface area contributed by atoms with E-state index in [9.17, 15) is 14.4 Å². The first-order valence-corrected chi connectivity index (χ1v) is 13.1. The minimum Gasteiger partial charge on any atom is -0.477 e. The van der Waals surface area contributed by atoms with E-state index in [1.807, 2.05) is 48.7 Å². The number of pyridine rings is 2. The van der Waals surface area contributed by atoms with Gasteiger partial charge in [0.05, 0.1) is 9.75 Å². The maximum Gasteiger partial charge on any atom is 0.345 e. The lowest BCUT2D eigenvalue weighted by atomic mass is 10.2. The molecule has 4 aromatic heterocycles. The van der Waals surface area contributed by atoms with E-state index in [1.54, 1.807) is 24.8 Å². The van der Waals surface area contributed by atoms with Crippen LogP contribution in [0.4, 0.5) is 0 Å². The number of carboxylic acid groups (broad SMARTS) is 1. The zero-order chi connectivity index (χ0) is 27.8. The van der Waals surface area contributed by atoms with Crippen LogP contribution in [-0.2, 0) is 12.8 Å². The van der Waals surface area contributed by atoms with Gasteiger partial charge in [-0.05, 0) is 86.0 Å². The Bertz CT molecular complexity index is 1280. The third-order valence-electron chi connectivity index (χ3n) is 4.77. The van der Waals surface area contributed by atoms with Crippen LogP contribution in [-0.4, -0.2) is 45.9 Å². The van der Waals surface area contributed by atoms with Gasteiger partial charge in [-0.1, -0.05) is 0 Å². The van der Waals surface area contributed by atoms with E-state index in [-0.39, 0.29) is 15.7 Å². The Morgan fingerprint density at radius 2 is 1.32 bits per heavy atom. The van der Waals surface area contributed by atoms with Crippen molar-refractivity contribution in [3.63, 3.8) is 0 Å². The highest BCUT2D eigenvalue weighted by Gasteiger charge is 2.11. The average molecular weight is 555 g/mol. The van der Waals surface area contributed by atoms with Crippen molar-refractivity contribution in [3.05, 3.63) is 104 Å². The lowest BCUT2D eigenvalue weighted by molar-refractivity contribution is 0.0701. The van der Waals surface area contributed by atoms with Crippen molar-refractivity contribution in [3.8, 4) is 0 Å². The van der Waals surface area contributed by atoms with E-state index in [2.05, 4.69) is 15.3 Å². The largest absolute Gasteiger partial charge is 0.477 e. The molecule has 0 aliphatic rings. The maximum atomic E-state index is 11.7. The van der Waals surface area contributed by atoms with Crippen molar-refractivity contribution < 1.29 is 19.5 Å². The molecule has 0 saturated heterocycles. The van der Waals surface area contributed by atoms with E-state index in [1.165, 1.54) is 34.6 Å². The summed E-state index contributed by atoms with van der Waals surface area (Å²) in [4.78, 5) is 43.1. The van der Waals surface area contributed by atoms with Gasteiger partial charge in [-0.2, -0.15) is 0 Å². The van der Waals surface area contributed by atoms with Gasteiger partial charge in [-0.15, -0.1) is 22.7 Å². The number of hydrazine groups is 1. The molecule has 0 saturated carbocycles. The number of thiophene rings is 2. The molecule has 200 valence electrons. The molecule has 0 fully saturated rings. The molecule has 10 nitrogen and oxygen atoms in total. The zero-order valence-corrected chi connectivity index (χ0v) is 22.4. The normalized spacial score (nSPS) is 9.76. The number of hydrogen-bond donors (Lipinski definition) is 5. The number of hydrogen-bond acceptors (Lipinski definition) is 9. The Kier molecular flexibility index (Phi) is 13.3. The van der Waals surface area contributed by atoms with Crippen molar-refractivity contribution in [2.45, 2.75) is 19.8 Å². The van der Waals surface area contributed by atoms with Crippen molar-refractivity contribution in [1.82, 2.24) is 20.7 Å². The van der Waals surface area contributed by atoms with Crippen LogP contribution in [0.2, 0.25) is 0 Å². The molecule has 4 heterocycles. The Morgan fingerprint density at radius 3 is 1.79 bits per heavy atom. The summed E-state index contributed by atoms with van der Waals surface area (Å²) < 4.78 is 0. The quantitative estimate of drug-likeness (QED) is 0.125. The van der Waals surface area contributed by atoms with E-state index < -0.39 is 11.9 Å². The van der Waals surface area contributed by atoms with Gasteiger partial charge in [0.1, 0.15) is 4.88 Å². The summed E-state index contributed by atoms with van der Waals surface area (Å²) in [6.45, 7) is 3.36. The molecular formula is C26H30N6O4S2. The van der Waals surface area contributed by atoms with Gasteiger partial charge in [-0.25, -0.2) is 10.6 Å². The first-order chi connectivity index (χ1) is 18.3. The first kappa shape index (κ1) is 30.3. The molecular weight excluding hydrogens is 524 g/mol. The van der Waals surface area contributed by atoms with Crippen LogP contribution >= 0.6 is 22.7 Å². The minimum absolute atomic E-state index is 0.0113. The molecule has 0 aromatic carbocycles. The van der Waals surface area contributed by atoms with Crippen LogP contribution in [0.15, 0.2) is 73.3 Å². The van der Waals surface area contributed by atoms with Crippen molar-refractivity contribution in [2.24, 2.45) is 11.6 Å². The number of nitrogens with zero attached hydrogens (tertiary/aromatic N) is 2. The Labute approximate surface area is 228 Å². The summed E-state index contributed by atoms with van der Waals surface area (Å²) in [5, 5.41) is 11.4. The summed E-state index contributed by atoms with van der Waals surface area (Å²) in [5.74, 6) is 3.34. The third kappa shape index (κ3) is 11.0. The first-order valence-electron chi connectivity index (χ1n) is 11.5. The summed E-state index contributed by atoms with van der Waals surface area (Å²) >= 11 is 2.40. The SMILES string of the molecule is Cc1ccc(C(=O)NCCc2ccncc2)s1.NCCc1ccncc1.NNC(=O)c1ccc(C(=O)O)s1. The van der Waals surface area contributed by atoms with Crippen LogP contribution in [0.3, 0.4) is 0 Å². The van der Waals surface area contributed by atoms with E-state index in [0.717, 1.165) is 33.9 Å². The number of nitrogen functional groups attached to an aromatic ring is 1. The molecule has 4 rings (SSSR count). The topological polar surface area (TPSA) is 173 Å². The predicted molar refractivity (Wildman–Crippen MR) is 149 cm³/mol. The minimum atomic E-state index is -1.05. The second kappa shape index (κ2) is 16.7. The second-order valence-corrected chi connectivity index (χ2v) is 9.98. The molecule has 7 N–H and O–H groups in total. The number of amides is 2. The number of rotatable bonds is 8. The average Bonchev–Trinajstić information content (AvgIpc) is 3.60. The molecule has 0 aliphatic carbocycles. The zero-order valence-electron chi connectivity index (χ0n) is 20.8. The second-order valence-electron chi connectivity index (χ2n) is 7.61. The third-order valence-corrected chi connectivity index (χ3v) is 6.84. The highest BCUT2D eigenvalue weighted by molar-refractivity contribution is 7.15. The number of aryl methyl sites for hydroxylation is 1. The predicted octanol–water partition coefficient (Wildman–Crippen LogP) is 3.06. The van der Waals surface area contributed by atoms with Gasteiger partial charge in [0.25, 0.3) is 11.8 Å². The van der Waals surface area contributed by atoms with Crippen LogP contribution in [0.5, 0.6) is 0 Å². The number of nitrogens with one attached hydrogen (secondary N) is 2. The molecule has 0 aliphatic heterocycles.